The first-order valence-electron chi connectivity index (χ1n) is 7.56. The summed E-state index contributed by atoms with van der Waals surface area (Å²) < 4.78 is 28.0. The predicted octanol–water partition coefficient (Wildman–Crippen LogP) is 3.88. The van der Waals surface area contributed by atoms with Crippen LogP contribution in [0.2, 0.25) is 5.15 Å². The maximum absolute atomic E-state index is 13.6. The second kappa shape index (κ2) is 7.45. The number of aromatic nitrogens is 2. The lowest BCUT2D eigenvalue weighted by atomic mass is 10.2. The van der Waals surface area contributed by atoms with E-state index in [4.69, 9.17) is 11.6 Å². The Kier molecular flexibility index (Phi) is 5.09. The number of hydrogen-bond acceptors (Lipinski definition) is 3. The van der Waals surface area contributed by atoms with Gasteiger partial charge in [-0.15, -0.1) is 0 Å². The number of carbonyl (C=O) groups is 1. The molecule has 3 rings (SSSR count). The summed E-state index contributed by atoms with van der Waals surface area (Å²) >= 11 is 6.30. The SMILES string of the molecule is Cc1nn(-c2ccc(F)cc2)c(Cl)c1/C=N/NC(=O)c1ccccc1F. The zero-order chi connectivity index (χ0) is 18.7. The van der Waals surface area contributed by atoms with Gasteiger partial charge < -0.3 is 0 Å². The van der Waals surface area contributed by atoms with Gasteiger partial charge in [0.1, 0.15) is 16.8 Å². The van der Waals surface area contributed by atoms with Crippen LogP contribution in [0.4, 0.5) is 8.78 Å². The topological polar surface area (TPSA) is 59.3 Å². The molecule has 0 bridgehead atoms. The Hall–Kier alpha value is -3.06. The molecule has 0 aliphatic rings. The molecule has 132 valence electrons. The summed E-state index contributed by atoms with van der Waals surface area (Å²) in [4.78, 5) is 11.9. The summed E-state index contributed by atoms with van der Waals surface area (Å²) in [6, 6.07) is 11.2. The fraction of sp³-hybridized carbons (Fsp3) is 0.0556. The molecule has 1 N–H and O–H groups in total. The maximum atomic E-state index is 13.6. The van der Waals surface area contributed by atoms with Crippen LogP contribution in [0, 0.1) is 18.6 Å². The minimum absolute atomic E-state index is 0.116. The van der Waals surface area contributed by atoms with Crippen molar-refractivity contribution >= 4 is 23.7 Å². The molecule has 0 spiro atoms. The fourth-order valence-electron chi connectivity index (χ4n) is 2.27. The third-order valence-electron chi connectivity index (χ3n) is 3.60. The van der Waals surface area contributed by atoms with E-state index in [-0.39, 0.29) is 16.5 Å². The van der Waals surface area contributed by atoms with E-state index in [1.54, 1.807) is 13.0 Å². The van der Waals surface area contributed by atoms with E-state index < -0.39 is 11.7 Å². The van der Waals surface area contributed by atoms with Crippen LogP contribution >= 0.6 is 11.6 Å². The van der Waals surface area contributed by atoms with E-state index in [1.807, 2.05) is 0 Å². The van der Waals surface area contributed by atoms with Crippen molar-refractivity contribution in [1.82, 2.24) is 15.2 Å². The van der Waals surface area contributed by atoms with Gasteiger partial charge in [0.2, 0.25) is 0 Å². The van der Waals surface area contributed by atoms with E-state index in [0.29, 0.717) is 16.9 Å². The molecule has 0 atom stereocenters. The van der Waals surface area contributed by atoms with Gasteiger partial charge in [0, 0.05) is 0 Å². The number of benzene rings is 2. The molecular formula is C18H13ClF2N4O. The molecule has 0 unspecified atom stereocenters. The normalized spacial score (nSPS) is 11.1. The van der Waals surface area contributed by atoms with Crippen LogP contribution in [0.15, 0.2) is 53.6 Å². The van der Waals surface area contributed by atoms with E-state index in [9.17, 15) is 13.6 Å². The Morgan fingerprint density at radius 1 is 1.19 bits per heavy atom. The summed E-state index contributed by atoms with van der Waals surface area (Å²) in [6.07, 6.45) is 1.32. The first-order valence-corrected chi connectivity index (χ1v) is 7.94. The van der Waals surface area contributed by atoms with Crippen molar-refractivity contribution in [2.24, 2.45) is 5.10 Å². The maximum Gasteiger partial charge on any atom is 0.274 e. The molecule has 1 amide bonds. The molecule has 0 saturated heterocycles. The number of hydrogen-bond donors (Lipinski definition) is 1. The first kappa shape index (κ1) is 17.8. The van der Waals surface area contributed by atoms with Gasteiger partial charge >= 0.3 is 0 Å². The number of carbonyl (C=O) groups excluding carboxylic acids is 1. The summed E-state index contributed by atoms with van der Waals surface area (Å²) in [6.45, 7) is 1.71. The quantitative estimate of drug-likeness (QED) is 0.556. The van der Waals surface area contributed by atoms with Crippen LogP contribution in [0.5, 0.6) is 0 Å². The highest BCUT2D eigenvalue weighted by atomic mass is 35.5. The first-order chi connectivity index (χ1) is 12.5. The predicted molar refractivity (Wildman–Crippen MR) is 94.7 cm³/mol. The molecule has 5 nitrogen and oxygen atoms in total. The number of hydrazone groups is 1. The molecular weight excluding hydrogens is 362 g/mol. The number of halogens is 3. The van der Waals surface area contributed by atoms with Crippen molar-refractivity contribution in [3.05, 3.63) is 82.1 Å². The minimum atomic E-state index is -0.681. The zero-order valence-electron chi connectivity index (χ0n) is 13.6. The highest BCUT2D eigenvalue weighted by Crippen LogP contribution is 2.22. The van der Waals surface area contributed by atoms with Crippen LogP contribution in [0.25, 0.3) is 5.69 Å². The van der Waals surface area contributed by atoms with Gasteiger partial charge in [-0.3, -0.25) is 4.79 Å². The minimum Gasteiger partial charge on any atom is -0.267 e. The third-order valence-corrected chi connectivity index (χ3v) is 3.96. The van der Waals surface area contributed by atoms with Gasteiger partial charge in [-0.1, -0.05) is 23.7 Å². The molecule has 0 fully saturated rings. The smallest absolute Gasteiger partial charge is 0.267 e. The van der Waals surface area contributed by atoms with E-state index in [1.165, 1.54) is 53.4 Å². The zero-order valence-corrected chi connectivity index (χ0v) is 14.3. The molecule has 1 heterocycles. The number of rotatable bonds is 4. The van der Waals surface area contributed by atoms with E-state index >= 15 is 0 Å². The standard InChI is InChI=1S/C18H13ClF2N4O/c1-11-15(10-22-23-18(26)14-4-2-3-5-16(14)21)17(19)25(24-11)13-8-6-12(20)7-9-13/h2-10H,1H3,(H,23,26)/b22-10+. The van der Waals surface area contributed by atoms with Crippen molar-refractivity contribution in [2.75, 3.05) is 0 Å². The summed E-state index contributed by atoms with van der Waals surface area (Å²) in [5, 5.41) is 8.34. The van der Waals surface area contributed by atoms with Crippen molar-refractivity contribution in [1.29, 1.82) is 0 Å². The lowest BCUT2D eigenvalue weighted by Crippen LogP contribution is -2.19. The lowest BCUT2D eigenvalue weighted by Gasteiger charge is -2.02. The van der Waals surface area contributed by atoms with E-state index in [2.05, 4.69) is 15.6 Å². The van der Waals surface area contributed by atoms with Crippen LogP contribution in [0.1, 0.15) is 21.6 Å². The van der Waals surface area contributed by atoms with Crippen LogP contribution in [-0.4, -0.2) is 21.9 Å². The number of aryl methyl sites for hydroxylation is 1. The molecule has 0 aliphatic heterocycles. The van der Waals surface area contributed by atoms with Gasteiger partial charge in [-0.05, 0) is 43.3 Å². The second-order valence-electron chi connectivity index (χ2n) is 5.36. The average Bonchev–Trinajstić information content (AvgIpc) is 2.91. The average molecular weight is 375 g/mol. The largest absolute Gasteiger partial charge is 0.274 e. The molecule has 8 heteroatoms. The summed E-state index contributed by atoms with van der Waals surface area (Å²) in [7, 11) is 0. The van der Waals surface area contributed by atoms with Gasteiger partial charge in [0.05, 0.1) is 28.7 Å². The number of nitrogens with zero attached hydrogens (tertiary/aromatic N) is 3. The third kappa shape index (κ3) is 3.62. The molecule has 2 aromatic carbocycles. The highest BCUT2D eigenvalue weighted by molar-refractivity contribution is 6.32. The van der Waals surface area contributed by atoms with Crippen LogP contribution in [-0.2, 0) is 0 Å². The van der Waals surface area contributed by atoms with Gasteiger partial charge in [0.25, 0.3) is 5.91 Å². The Labute approximate surface area is 152 Å². The molecule has 0 aliphatic carbocycles. The molecule has 1 aromatic heterocycles. The lowest BCUT2D eigenvalue weighted by molar-refractivity contribution is 0.0951. The molecule has 3 aromatic rings. The Bertz CT molecular complexity index is 983. The van der Waals surface area contributed by atoms with Gasteiger partial charge in [-0.25, -0.2) is 18.9 Å². The molecule has 0 saturated carbocycles. The molecule has 0 radical (unpaired) electrons. The van der Waals surface area contributed by atoms with E-state index in [0.717, 1.165) is 0 Å². The number of amides is 1. The van der Waals surface area contributed by atoms with Crippen LogP contribution in [0.3, 0.4) is 0 Å². The Morgan fingerprint density at radius 3 is 2.58 bits per heavy atom. The van der Waals surface area contributed by atoms with Gasteiger partial charge in [0.15, 0.2) is 0 Å². The van der Waals surface area contributed by atoms with Gasteiger partial charge in [-0.2, -0.15) is 10.2 Å². The Balaban J connectivity index is 1.80. The highest BCUT2D eigenvalue weighted by Gasteiger charge is 2.14. The van der Waals surface area contributed by atoms with Crippen molar-refractivity contribution in [3.8, 4) is 5.69 Å². The Morgan fingerprint density at radius 2 is 1.88 bits per heavy atom. The second-order valence-corrected chi connectivity index (χ2v) is 5.72. The summed E-state index contributed by atoms with van der Waals surface area (Å²) in [5.41, 5.74) is 3.74. The van der Waals surface area contributed by atoms with Crippen molar-refractivity contribution < 1.29 is 13.6 Å². The van der Waals surface area contributed by atoms with Crippen LogP contribution < -0.4 is 5.43 Å². The fourth-order valence-corrected chi connectivity index (χ4v) is 2.59. The van der Waals surface area contributed by atoms with Crippen molar-refractivity contribution in [3.63, 3.8) is 0 Å². The number of nitrogens with one attached hydrogen (secondary N) is 1. The van der Waals surface area contributed by atoms with Crippen molar-refractivity contribution in [2.45, 2.75) is 6.92 Å². The molecule has 26 heavy (non-hydrogen) atoms. The summed E-state index contributed by atoms with van der Waals surface area (Å²) in [5.74, 6) is -1.69. The monoisotopic (exact) mass is 374 g/mol.